The van der Waals surface area contributed by atoms with Gasteiger partial charge >= 0.3 is 11.9 Å². The van der Waals surface area contributed by atoms with Crippen LogP contribution in [-0.2, 0) is 11.2 Å². The molecule has 0 amide bonds. The van der Waals surface area contributed by atoms with Crippen molar-refractivity contribution < 1.29 is 24.5 Å². The van der Waals surface area contributed by atoms with Crippen LogP contribution in [0.5, 0.6) is 0 Å². The molecule has 0 aromatic heterocycles. The highest BCUT2D eigenvalue weighted by atomic mass is 16.5. The maximum Gasteiger partial charge on any atom is 0.335 e. The lowest BCUT2D eigenvalue weighted by molar-refractivity contribution is 0.0692. The lowest BCUT2D eigenvalue weighted by atomic mass is 9.67. The molecule has 5 heteroatoms. The summed E-state index contributed by atoms with van der Waals surface area (Å²) < 4.78 is 5.27. The molecule has 0 saturated heterocycles. The van der Waals surface area contributed by atoms with Gasteiger partial charge in [0.25, 0.3) is 0 Å². The van der Waals surface area contributed by atoms with E-state index in [2.05, 4.69) is 0 Å². The number of rotatable bonds is 7. The highest BCUT2D eigenvalue weighted by molar-refractivity contribution is 5.95. The summed E-state index contributed by atoms with van der Waals surface area (Å²) in [5, 5.41) is 18.8. The Kier molecular flexibility index (Phi) is 5.99. The van der Waals surface area contributed by atoms with E-state index in [1.165, 1.54) is 12.5 Å². The molecule has 0 radical (unpaired) electrons. The Bertz CT molecular complexity index is 614. The molecule has 1 aromatic carbocycles. The average Bonchev–Trinajstić information content (AvgIpc) is 2.55. The van der Waals surface area contributed by atoms with Crippen LogP contribution >= 0.6 is 0 Å². The summed E-state index contributed by atoms with van der Waals surface area (Å²) in [6.07, 6.45) is 7.23. The van der Waals surface area contributed by atoms with Crippen molar-refractivity contribution in [1.82, 2.24) is 0 Å². The first-order chi connectivity index (χ1) is 11.4. The molecule has 1 aromatic rings. The monoisotopic (exact) mass is 334 g/mol. The maximum atomic E-state index is 11.7. The molecule has 1 saturated carbocycles. The number of methoxy groups -OCH3 is 1. The first-order valence-electron chi connectivity index (χ1n) is 8.47. The van der Waals surface area contributed by atoms with Crippen molar-refractivity contribution in [3.05, 3.63) is 34.4 Å². The van der Waals surface area contributed by atoms with E-state index in [0.717, 1.165) is 43.2 Å². The van der Waals surface area contributed by atoms with Crippen molar-refractivity contribution in [3.8, 4) is 0 Å². The molecule has 1 fully saturated rings. The third-order valence-electron chi connectivity index (χ3n) is 5.25. The second-order valence-corrected chi connectivity index (χ2v) is 6.91. The number of carbonyl (C=O) groups is 2. The van der Waals surface area contributed by atoms with Gasteiger partial charge in [0.2, 0.25) is 0 Å². The number of aryl methyl sites for hydroxylation is 1. The molecule has 2 rings (SSSR count). The molecule has 1 aliphatic carbocycles. The minimum atomic E-state index is -1.10. The van der Waals surface area contributed by atoms with Crippen LogP contribution in [0.2, 0.25) is 0 Å². The van der Waals surface area contributed by atoms with Gasteiger partial charge in [0.05, 0.1) is 11.1 Å². The van der Waals surface area contributed by atoms with Crippen LogP contribution in [-0.4, -0.2) is 35.9 Å². The molecule has 0 heterocycles. The molecule has 0 aliphatic heterocycles. The Labute approximate surface area is 142 Å². The zero-order chi connectivity index (χ0) is 17.7. The predicted octanol–water partition coefficient (Wildman–Crippen LogP) is 3.92. The second kappa shape index (κ2) is 7.79. The molecular formula is C19H26O5. The summed E-state index contributed by atoms with van der Waals surface area (Å²) in [5.41, 5.74) is 1.71. The van der Waals surface area contributed by atoms with Crippen LogP contribution in [0.3, 0.4) is 0 Å². The molecule has 2 N–H and O–H groups in total. The van der Waals surface area contributed by atoms with E-state index in [9.17, 15) is 19.8 Å². The topological polar surface area (TPSA) is 83.8 Å². The molecule has 0 unspecified atom stereocenters. The van der Waals surface area contributed by atoms with Crippen molar-refractivity contribution in [2.75, 3.05) is 13.7 Å². The highest BCUT2D eigenvalue weighted by Crippen LogP contribution is 2.43. The summed E-state index contributed by atoms with van der Waals surface area (Å²) in [4.78, 5) is 22.9. The van der Waals surface area contributed by atoms with Gasteiger partial charge in [-0.1, -0.05) is 19.3 Å². The van der Waals surface area contributed by atoms with E-state index in [4.69, 9.17) is 4.74 Å². The van der Waals surface area contributed by atoms with Crippen LogP contribution in [0.1, 0.15) is 70.4 Å². The molecule has 0 bridgehead atoms. The fraction of sp³-hybridized carbons (Fsp3) is 0.579. The van der Waals surface area contributed by atoms with E-state index in [1.807, 2.05) is 0 Å². The largest absolute Gasteiger partial charge is 0.478 e. The number of aromatic carboxylic acids is 2. The third kappa shape index (κ3) is 4.15. The van der Waals surface area contributed by atoms with Gasteiger partial charge in [-0.05, 0) is 61.3 Å². The van der Waals surface area contributed by atoms with Crippen LogP contribution in [0, 0.1) is 12.3 Å². The third-order valence-corrected chi connectivity index (χ3v) is 5.25. The van der Waals surface area contributed by atoms with E-state index < -0.39 is 11.9 Å². The summed E-state index contributed by atoms with van der Waals surface area (Å²) in [5.74, 6) is -2.16. The molecule has 1 aliphatic rings. The number of ether oxygens (including phenoxy) is 1. The Hall–Kier alpha value is -1.88. The standard InChI is InChI=1S/C19H26O5/c1-13-10-14(17(20)21)11-15(18(22)23)16(13)12-19(8-9-24-2)6-4-3-5-7-19/h10-11H,3-9,12H2,1-2H3,(H,20,21)(H,22,23). The van der Waals surface area contributed by atoms with Crippen LogP contribution in [0.15, 0.2) is 12.1 Å². The van der Waals surface area contributed by atoms with Crippen molar-refractivity contribution in [1.29, 1.82) is 0 Å². The molecular weight excluding hydrogens is 308 g/mol. The molecule has 0 atom stereocenters. The minimum absolute atomic E-state index is 0.0308. The lowest BCUT2D eigenvalue weighted by Gasteiger charge is -2.38. The summed E-state index contributed by atoms with van der Waals surface area (Å²) in [6.45, 7) is 2.47. The van der Waals surface area contributed by atoms with Crippen LogP contribution in [0.25, 0.3) is 0 Å². The Morgan fingerprint density at radius 1 is 1.12 bits per heavy atom. The zero-order valence-electron chi connectivity index (χ0n) is 14.4. The Morgan fingerprint density at radius 3 is 2.33 bits per heavy atom. The van der Waals surface area contributed by atoms with Gasteiger partial charge in [-0.15, -0.1) is 0 Å². The predicted molar refractivity (Wildman–Crippen MR) is 90.8 cm³/mol. The van der Waals surface area contributed by atoms with Gasteiger partial charge in [-0.25, -0.2) is 9.59 Å². The fourth-order valence-corrected chi connectivity index (χ4v) is 3.88. The first-order valence-corrected chi connectivity index (χ1v) is 8.47. The normalized spacial score (nSPS) is 16.8. The lowest BCUT2D eigenvalue weighted by Crippen LogP contribution is -2.29. The van der Waals surface area contributed by atoms with Gasteiger partial charge in [-0.2, -0.15) is 0 Å². The van der Waals surface area contributed by atoms with Gasteiger partial charge < -0.3 is 14.9 Å². The maximum absolute atomic E-state index is 11.7. The summed E-state index contributed by atoms with van der Waals surface area (Å²) >= 11 is 0. The summed E-state index contributed by atoms with van der Waals surface area (Å²) in [7, 11) is 1.69. The number of benzene rings is 1. The smallest absolute Gasteiger partial charge is 0.335 e. The van der Waals surface area contributed by atoms with E-state index >= 15 is 0 Å². The quantitative estimate of drug-likeness (QED) is 0.789. The van der Waals surface area contributed by atoms with E-state index in [-0.39, 0.29) is 16.5 Å². The van der Waals surface area contributed by atoms with Gasteiger partial charge in [-0.3, -0.25) is 0 Å². The highest BCUT2D eigenvalue weighted by Gasteiger charge is 2.34. The number of carboxylic acid groups (broad SMARTS) is 2. The molecule has 0 spiro atoms. The Morgan fingerprint density at radius 2 is 1.79 bits per heavy atom. The number of hydrogen-bond donors (Lipinski definition) is 2. The minimum Gasteiger partial charge on any atom is -0.478 e. The fourth-order valence-electron chi connectivity index (χ4n) is 3.88. The number of carboxylic acids is 2. The average molecular weight is 334 g/mol. The van der Waals surface area contributed by atoms with Crippen molar-refractivity contribution in [2.45, 2.75) is 51.9 Å². The first kappa shape index (κ1) is 18.5. The Balaban J connectivity index is 2.41. The molecule has 5 nitrogen and oxygen atoms in total. The van der Waals surface area contributed by atoms with Gasteiger partial charge in [0.15, 0.2) is 0 Å². The number of hydrogen-bond acceptors (Lipinski definition) is 3. The van der Waals surface area contributed by atoms with Crippen LogP contribution < -0.4 is 0 Å². The van der Waals surface area contributed by atoms with Crippen molar-refractivity contribution in [3.63, 3.8) is 0 Å². The SMILES string of the molecule is COCCC1(Cc2c(C)cc(C(=O)O)cc2C(=O)O)CCCCC1. The second-order valence-electron chi connectivity index (χ2n) is 6.91. The van der Waals surface area contributed by atoms with Crippen molar-refractivity contribution >= 4 is 11.9 Å². The van der Waals surface area contributed by atoms with E-state index in [0.29, 0.717) is 13.0 Å². The van der Waals surface area contributed by atoms with E-state index in [1.54, 1.807) is 20.1 Å². The summed E-state index contributed by atoms with van der Waals surface area (Å²) in [6, 6.07) is 2.87. The van der Waals surface area contributed by atoms with Crippen LogP contribution in [0.4, 0.5) is 0 Å². The van der Waals surface area contributed by atoms with Gasteiger partial charge in [0, 0.05) is 13.7 Å². The molecule has 132 valence electrons. The zero-order valence-corrected chi connectivity index (χ0v) is 14.4. The molecule has 24 heavy (non-hydrogen) atoms. The van der Waals surface area contributed by atoms with Gasteiger partial charge in [0.1, 0.15) is 0 Å². The van der Waals surface area contributed by atoms with Crippen molar-refractivity contribution in [2.24, 2.45) is 5.41 Å².